The van der Waals surface area contributed by atoms with Crippen molar-refractivity contribution in [3.63, 3.8) is 0 Å². The van der Waals surface area contributed by atoms with Gasteiger partial charge in [-0.3, -0.25) is 4.79 Å². The van der Waals surface area contributed by atoms with Gasteiger partial charge >= 0.3 is 5.97 Å². The molecule has 0 bridgehead atoms. The number of carbonyl (C=O) groups is 1. The Morgan fingerprint density at radius 2 is 1.39 bits per heavy atom. The minimum atomic E-state index is -0.917. The molecule has 4 rings (SSSR count). The van der Waals surface area contributed by atoms with Crippen LogP contribution in [0.2, 0.25) is 0 Å². The zero-order chi connectivity index (χ0) is 25.7. The monoisotopic (exact) mass is 512 g/mol. The van der Waals surface area contributed by atoms with Gasteiger partial charge < -0.3 is 14.6 Å². The highest BCUT2D eigenvalue weighted by Crippen LogP contribution is 2.70. The molecule has 0 spiro atoms. The van der Waals surface area contributed by atoms with Crippen molar-refractivity contribution in [1.29, 1.82) is 0 Å². The van der Waals surface area contributed by atoms with E-state index in [4.69, 9.17) is 9.47 Å². The summed E-state index contributed by atoms with van der Waals surface area (Å²) in [5, 5.41) is 10.3. The molecule has 3 aliphatic carbocycles. The fourth-order valence-electron chi connectivity index (χ4n) is 6.62. The Hall–Kier alpha value is -1.80. The van der Waals surface area contributed by atoms with Gasteiger partial charge in [0.1, 0.15) is 16.7 Å². The number of carboxylic acids is 1. The van der Waals surface area contributed by atoms with Crippen molar-refractivity contribution in [2.24, 2.45) is 0 Å². The van der Waals surface area contributed by atoms with Crippen LogP contribution in [0.15, 0.2) is 36.4 Å². The summed E-state index contributed by atoms with van der Waals surface area (Å²) in [7, 11) is -0.797. The van der Waals surface area contributed by atoms with E-state index in [9.17, 15) is 9.90 Å². The van der Waals surface area contributed by atoms with Crippen LogP contribution in [0.4, 0.5) is 0 Å². The Morgan fingerprint density at radius 3 is 1.83 bits per heavy atom. The molecule has 1 atom stereocenters. The zero-order valence-electron chi connectivity index (χ0n) is 22.7. The van der Waals surface area contributed by atoms with Crippen LogP contribution in [0.1, 0.15) is 104 Å². The Kier molecular flexibility index (Phi) is 9.20. The number of ether oxygens (including phenoxy) is 2. The second-order valence-electron chi connectivity index (χ2n) is 11.3. The van der Waals surface area contributed by atoms with Gasteiger partial charge in [-0.25, -0.2) is 0 Å². The largest absolute Gasteiger partial charge is 0.490 e. The minimum absolute atomic E-state index is 0.0183. The number of hydrogen-bond acceptors (Lipinski definition) is 3. The predicted octanol–water partition coefficient (Wildman–Crippen LogP) is 8.58. The van der Waals surface area contributed by atoms with E-state index in [1.807, 2.05) is 45.9 Å². The van der Waals surface area contributed by atoms with Gasteiger partial charge in [-0.05, 0) is 88.8 Å². The standard InChI is InChI=1S/C31H45O4P/c1-22(2)34-27-19-13-20-28(35-23(3)4)29(27)26-18-11-12-21-31(26,30(32)33)36(24-14-7-5-8-15-24)25-16-9-6-10-17-25/h11-13,18-20,22-25H,5-10,14-17,21H2,1-4H3,(H,32,33). The topological polar surface area (TPSA) is 55.8 Å². The van der Waals surface area contributed by atoms with Crippen molar-refractivity contribution in [1.82, 2.24) is 0 Å². The van der Waals surface area contributed by atoms with Gasteiger partial charge in [0, 0.05) is 0 Å². The molecule has 0 aliphatic heterocycles. The average Bonchev–Trinajstić information content (AvgIpc) is 2.85. The van der Waals surface area contributed by atoms with E-state index in [0.717, 1.165) is 22.6 Å². The molecule has 3 aliphatic rings. The maximum Gasteiger partial charge on any atom is 0.318 e. The summed E-state index contributed by atoms with van der Waals surface area (Å²) in [6.07, 6.45) is 18.9. The minimum Gasteiger partial charge on any atom is -0.490 e. The van der Waals surface area contributed by atoms with Gasteiger partial charge in [-0.2, -0.15) is 0 Å². The Morgan fingerprint density at radius 1 is 0.889 bits per heavy atom. The van der Waals surface area contributed by atoms with Gasteiger partial charge in [-0.1, -0.05) is 70.7 Å². The third kappa shape index (κ3) is 5.69. The zero-order valence-corrected chi connectivity index (χ0v) is 23.6. The highest BCUT2D eigenvalue weighted by molar-refractivity contribution is 7.62. The first-order valence-corrected chi connectivity index (χ1v) is 15.7. The van der Waals surface area contributed by atoms with Crippen molar-refractivity contribution in [3.8, 4) is 11.5 Å². The number of carboxylic acid groups (broad SMARTS) is 1. The van der Waals surface area contributed by atoms with Crippen LogP contribution >= 0.6 is 7.92 Å². The molecule has 0 radical (unpaired) electrons. The highest BCUT2D eigenvalue weighted by Gasteiger charge is 2.55. The first kappa shape index (κ1) is 27.2. The van der Waals surface area contributed by atoms with Crippen molar-refractivity contribution >= 4 is 19.5 Å². The number of rotatable bonds is 9. The first-order valence-electron chi connectivity index (χ1n) is 14.2. The van der Waals surface area contributed by atoms with Gasteiger partial charge in [0.05, 0.1) is 17.8 Å². The molecule has 36 heavy (non-hydrogen) atoms. The van der Waals surface area contributed by atoms with Crippen molar-refractivity contribution in [2.75, 3.05) is 0 Å². The highest BCUT2D eigenvalue weighted by atomic mass is 31.1. The summed E-state index contributed by atoms with van der Waals surface area (Å²) in [6.45, 7) is 8.10. The summed E-state index contributed by atoms with van der Waals surface area (Å²) in [4.78, 5) is 13.7. The average molecular weight is 513 g/mol. The summed E-state index contributed by atoms with van der Waals surface area (Å²) >= 11 is 0. The van der Waals surface area contributed by atoms with E-state index in [-0.39, 0.29) is 12.2 Å². The van der Waals surface area contributed by atoms with Crippen molar-refractivity contribution < 1.29 is 19.4 Å². The van der Waals surface area contributed by atoms with Gasteiger partial charge in [0.25, 0.3) is 0 Å². The Labute approximate surface area is 219 Å². The van der Waals surface area contributed by atoms with Crippen LogP contribution in [0.3, 0.4) is 0 Å². The van der Waals surface area contributed by atoms with Crippen LogP contribution in [-0.2, 0) is 4.79 Å². The fraction of sp³-hybridized carbons (Fsp3) is 0.645. The lowest BCUT2D eigenvalue weighted by atomic mass is 9.84. The molecule has 1 unspecified atom stereocenters. The maximum absolute atomic E-state index is 13.7. The van der Waals surface area contributed by atoms with Gasteiger partial charge in [0.2, 0.25) is 0 Å². The lowest BCUT2D eigenvalue weighted by Gasteiger charge is -2.50. The quantitative estimate of drug-likeness (QED) is 0.337. The number of allylic oxidation sites excluding steroid dienone is 3. The van der Waals surface area contributed by atoms with Crippen LogP contribution in [-0.4, -0.2) is 39.8 Å². The Balaban J connectivity index is 1.92. The summed E-state index contributed by atoms with van der Waals surface area (Å²) in [6, 6.07) is 5.93. The molecule has 1 aromatic carbocycles. The fourth-order valence-corrected chi connectivity index (χ4v) is 11.3. The van der Waals surface area contributed by atoms with Crippen LogP contribution in [0.5, 0.6) is 11.5 Å². The second-order valence-corrected chi connectivity index (χ2v) is 14.4. The second kappa shape index (κ2) is 12.2. The molecular weight excluding hydrogens is 467 g/mol. The molecule has 4 nitrogen and oxygen atoms in total. The van der Waals surface area contributed by atoms with Crippen LogP contribution in [0.25, 0.3) is 5.57 Å². The van der Waals surface area contributed by atoms with Crippen LogP contribution in [0, 0.1) is 0 Å². The van der Waals surface area contributed by atoms with Gasteiger partial charge in [0.15, 0.2) is 0 Å². The smallest absolute Gasteiger partial charge is 0.318 e. The molecular formula is C31H45O4P. The summed E-state index contributed by atoms with van der Waals surface area (Å²) in [5.74, 6) is 0.810. The Bertz CT molecular complexity index is 907. The summed E-state index contributed by atoms with van der Waals surface area (Å²) in [5.41, 5.74) is 2.78. The predicted molar refractivity (Wildman–Crippen MR) is 151 cm³/mol. The van der Waals surface area contributed by atoms with E-state index >= 15 is 0 Å². The molecule has 198 valence electrons. The van der Waals surface area contributed by atoms with Crippen LogP contribution < -0.4 is 9.47 Å². The third-order valence-corrected chi connectivity index (χ3v) is 12.1. The first-order chi connectivity index (χ1) is 17.3. The molecule has 0 aromatic heterocycles. The molecule has 0 amide bonds. The molecule has 0 saturated heterocycles. The number of hydrogen-bond donors (Lipinski definition) is 1. The SMILES string of the molecule is CC(C)Oc1cccc(OC(C)C)c1C1=CC=CCC1(C(=O)O)P(C1CCCCC1)C1CCCCC1. The van der Waals surface area contributed by atoms with E-state index in [2.05, 4.69) is 18.2 Å². The molecule has 1 N–H and O–H groups in total. The molecule has 5 heteroatoms. The molecule has 2 saturated carbocycles. The molecule has 0 heterocycles. The van der Waals surface area contributed by atoms with Crippen molar-refractivity contribution in [3.05, 3.63) is 42.0 Å². The molecule has 2 fully saturated rings. The maximum atomic E-state index is 13.7. The van der Waals surface area contributed by atoms with E-state index < -0.39 is 19.0 Å². The molecule has 1 aromatic rings. The lowest BCUT2D eigenvalue weighted by molar-refractivity contribution is -0.138. The number of aliphatic carboxylic acids is 1. The third-order valence-electron chi connectivity index (χ3n) is 7.97. The van der Waals surface area contributed by atoms with Gasteiger partial charge in [-0.15, -0.1) is 0 Å². The normalized spacial score (nSPS) is 23.8. The van der Waals surface area contributed by atoms with E-state index in [0.29, 0.717) is 17.7 Å². The van der Waals surface area contributed by atoms with E-state index in [1.165, 1.54) is 64.2 Å². The lowest BCUT2D eigenvalue weighted by Crippen LogP contribution is -2.45. The summed E-state index contributed by atoms with van der Waals surface area (Å²) < 4.78 is 12.7. The number of benzene rings is 1. The van der Waals surface area contributed by atoms with E-state index in [1.54, 1.807) is 0 Å². The van der Waals surface area contributed by atoms with Crippen molar-refractivity contribution in [2.45, 2.75) is 127 Å².